The molecule has 0 aliphatic heterocycles. The number of nitrogen functional groups attached to an aromatic ring is 1. The average Bonchev–Trinajstić information content (AvgIpc) is 2.68. The van der Waals surface area contributed by atoms with Crippen LogP contribution in [0.3, 0.4) is 0 Å². The molecule has 2 N–H and O–H groups in total. The largest absolute Gasteiger partial charge is 0.375 e. The van der Waals surface area contributed by atoms with E-state index in [1.54, 1.807) is 11.3 Å². The van der Waals surface area contributed by atoms with Crippen LogP contribution in [0.25, 0.3) is 21.2 Å². The minimum atomic E-state index is 0.630. The van der Waals surface area contributed by atoms with Crippen molar-refractivity contribution in [2.45, 2.75) is 6.92 Å². The van der Waals surface area contributed by atoms with Gasteiger partial charge >= 0.3 is 0 Å². The van der Waals surface area contributed by atoms with Crippen molar-refractivity contribution >= 4 is 27.2 Å². The van der Waals surface area contributed by atoms with Gasteiger partial charge in [0.15, 0.2) is 5.13 Å². The first kappa shape index (κ1) is 10.3. The zero-order valence-corrected chi connectivity index (χ0v) is 10.3. The van der Waals surface area contributed by atoms with Crippen molar-refractivity contribution in [1.82, 2.24) is 4.98 Å². The fourth-order valence-electron chi connectivity index (χ4n) is 2.09. The molecule has 3 rings (SSSR count). The first-order valence-corrected chi connectivity index (χ1v) is 6.28. The molecule has 0 unspecified atom stereocenters. The summed E-state index contributed by atoms with van der Waals surface area (Å²) in [6.07, 6.45) is 0. The number of hydrogen-bond acceptors (Lipinski definition) is 3. The summed E-state index contributed by atoms with van der Waals surface area (Å²) in [5.74, 6) is 0. The molecule has 1 aromatic heterocycles. The van der Waals surface area contributed by atoms with E-state index in [0.717, 1.165) is 5.69 Å². The van der Waals surface area contributed by atoms with Crippen LogP contribution in [0, 0.1) is 6.92 Å². The smallest absolute Gasteiger partial charge is 0.180 e. The van der Waals surface area contributed by atoms with Crippen LogP contribution in [0.2, 0.25) is 0 Å². The summed E-state index contributed by atoms with van der Waals surface area (Å²) in [4.78, 5) is 5.46. The lowest BCUT2D eigenvalue weighted by Crippen LogP contribution is -1.82. The third kappa shape index (κ3) is 1.68. The summed E-state index contributed by atoms with van der Waals surface area (Å²) >= 11 is 1.55. The molecule has 3 heteroatoms. The number of benzene rings is 2. The van der Waals surface area contributed by atoms with Crippen molar-refractivity contribution in [2.24, 2.45) is 0 Å². The molecule has 0 spiro atoms. The van der Waals surface area contributed by atoms with Gasteiger partial charge in [-0.15, -0.1) is 0 Å². The standard InChI is InChI=1S/C14H12N2S/c1-9-13(17-14(15)16-9)12-8-4-6-10-5-2-3-7-11(10)12/h2-8H,1H3,(H2,15,16). The Kier molecular flexibility index (Phi) is 2.34. The fourth-order valence-corrected chi connectivity index (χ4v) is 2.96. The lowest BCUT2D eigenvalue weighted by Gasteiger charge is -2.04. The highest BCUT2D eigenvalue weighted by Crippen LogP contribution is 2.35. The maximum Gasteiger partial charge on any atom is 0.180 e. The summed E-state index contributed by atoms with van der Waals surface area (Å²) in [6, 6.07) is 14.7. The molecule has 0 saturated heterocycles. The Bertz CT molecular complexity index is 680. The third-order valence-electron chi connectivity index (χ3n) is 2.85. The van der Waals surface area contributed by atoms with Crippen LogP contribution >= 0.6 is 11.3 Å². The van der Waals surface area contributed by atoms with E-state index < -0.39 is 0 Å². The van der Waals surface area contributed by atoms with Crippen LogP contribution in [0.15, 0.2) is 42.5 Å². The van der Waals surface area contributed by atoms with E-state index in [1.807, 2.05) is 6.92 Å². The second kappa shape index (κ2) is 3.86. The van der Waals surface area contributed by atoms with Gasteiger partial charge in [-0.25, -0.2) is 4.98 Å². The summed E-state index contributed by atoms with van der Waals surface area (Å²) in [5.41, 5.74) is 7.99. The fraction of sp³-hybridized carbons (Fsp3) is 0.0714. The molecule has 0 saturated carbocycles. The van der Waals surface area contributed by atoms with Crippen LogP contribution < -0.4 is 5.73 Å². The van der Waals surface area contributed by atoms with Gasteiger partial charge in [-0.05, 0) is 17.7 Å². The van der Waals surface area contributed by atoms with Crippen molar-refractivity contribution < 1.29 is 0 Å². The Hall–Kier alpha value is -1.87. The number of anilines is 1. The SMILES string of the molecule is Cc1nc(N)sc1-c1cccc2ccccc12. The van der Waals surface area contributed by atoms with Gasteiger partial charge in [0.2, 0.25) is 0 Å². The molecule has 0 radical (unpaired) electrons. The van der Waals surface area contributed by atoms with Gasteiger partial charge in [0, 0.05) is 5.56 Å². The van der Waals surface area contributed by atoms with E-state index in [2.05, 4.69) is 47.4 Å². The van der Waals surface area contributed by atoms with Gasteiger partial charge in [0.1, 0.15) is 0 Å². The normalized spacial score (nSPS) is 10.9. The lowest BCUT2D eigenvalue weighted by atomic mass is 10.0. The second-order valence-electron chi connectivity index (χ2n) is 3.99. The summed E-state index contributed by atoms with van der Waals surface area (Å²) in [7, 11) is 0. The number of fused-ring (bicyclic) bond motifs is 1. The molecule has 0 aliphatic rings. The first-order chi connectivity index (χ1) is 8.25. The molecule has 0 aliphatic carbocycles. The van der Waals surface area contributed by atoms with E-state index >= 15 is 0 Å². The van der Waals surface area contributed by atoms with E-state index in [9.17, 15) is 0 Å². The quantitative estimate of drug-likeness (QED) is 0.701. The molecular weight excluding hydrogens is 228 g/mol. The van der Waals surface area contributed by atoms with Crippen LogP contribution in [-0.2, 0) is 0 Å². The highest BCUT2D eigenvalue weighted by atomic mass is 32.1. The summed E-state index contributed by atoms with van der Waals surface area (Å²) < 4.78 is 0. The number of nitrogens with zero attached hydrogens (tertiary/aromatic N) is 1. The average molecular weight is 240 g/mol. The van der Waals surface area contributed by atoms with Gasteiger partial charge in [-0.3, -0.25) is 0 Å². The molecule has 0 fully saturated rings. The number of aryl methyl sites for hydroxylation is 1. The van der Waals surface area contributed by atoms with Gasteiger partial charge in [0.25, 0.3) is 0 Å². The monoisotopic (exact) mass is 240 g/mol. The Morgan fingerprint density at radius 2 is 1.82 bits per heavy atom. The van der Waals surface area contributed by atoms with Crippen molar-refractivity contribution in [1.29, 1.82) is 0 Å². The maximum absolute atomic E-state index is 5.77. The maximum atomic E-state index is 5.77. The zero-order valence-electron chi connectivity index (χ0n) is 9.47. The minimum Gasteiger partial charge on any atom is -0.375 e. The van der Waals surface area contributed by atoms with Crippen LogP contribution in [0.4, 0.5) is 5.13 Å². The molecule has 17 heavy (non-hydrogen) atoms. The molecule has 2 aromatic carbocycles. The van der Waals surface area contributed by atoms with Crippen LogP contribution in [0.1, 0.15) is 5.69 Å². The molecule has 84 valence electrons. The highest BCUT2D eigenvalue weighted by Gasteiger charge is 2.10. The summed E-state index contributed by atoms with van der Waals surface area (Å²) in [5, 5.41) is 3.13. The number of thiazole rings is 1. The van der Waals surface area contributed by atoms with Gasteiger partial charge in [-0.2, -0.15) is 0 Å². The third-order valence-corrected chi connectivity index (χ3v) is 3.87. The number of nitrogens with two attached hydrogens (primary N) is 1. The van der Waals surface area contributed by atoms with E-state index in [0.29, 0.717) is 5.13 Å². The minimum absolute atomic E-state index is 0.630. The first-order valence-electron chi connectivity index (χ1n) is 5.47. The lowest BCUT2D eigenvalue weighted by molar-refractivity contribution is 1.27. The molecule has 1 heterocycles. The molecule has 0 bridgehead atoms. The van der Waals surface area contributed by atoms with Crippen molar-refractivity contribution in [3.8, 4) is 10.4 Å². The van der Waals surface area contributed by atoms with Gasteiger partial charge in [-0.1, -0.05) is 53.8 Å². The number of hydrogen-bond donors (Lipinski definition) is 1. The Labute approximate surface area is 104 Å². The Morgan fingerprint density at radius 1 is 1.06 bits per heavy atom. The predicted octanol–water partition coefficient (Wildman–Crippen LogP) is 3.85. The summed E-state index contributed by atoms with van der Waals surface area (Å²) in [6.45, 7) is 2.00. The number of aromatic nitrogens is 1. The molecular formula is C14H12N2S. The van der Waals surface area contributed by atoms with Crippen molar-refractivity contribution in [3.05, 3.63) is 48.2 Å². The Balaban J connectivity index is 2.34. The Morgan fingerprint density at radius 3 is 2.59 bits per heavy atom. The van der Waals surface area contributed by atoms with Gasteiger partial charge in [0.05, 0.1) is 10.6 Å². The van der Waals surface area contributed by atoms with Crippen LogP contribution in [0.5, 0.6) is 0 Å². The topological polar surface area (TPSA) is 38.9 Å². The molecule has 2 nitrogen and oxygen atoms in total. The zero-order chi connectivity index (χ0) is 11.8. The second-order valence-corrected chi connectivity index (χ2v) is 5.02. The molecule has 3 aromatic rings. The molecule has 0 amide bonds. The van der Waals surface area contributed by atoms with E-state index in [-0.39, 0.29) is 0 Å². The van der Waals surface area contributed by atoms with Gasteiger partial charge < -0.3 is 5.73 Å². The predicted molar refractivity (Wildman–Crippen MR) is 74.2 cm³/mol. The van der Waals surface area contributed by atoms with E-state index in [1.165, 1.54) is 21.2 Å². The highest BCUT2D eigenvalue weighted by molar-refractivity contribution is 7.19. The van der Waals surface area contributed by atoms with Crippen LogP contribution in [-0.4, -0.2) is 4.98 Å². The van der Waals surface area contributed by atoms with Crippen molar-refractivity contribution in [3.63, 3.8) is 0 Å². The molecule has 0 atom stereocenters. The van der Waals surface area contributed by atoms with Crippen molar-refractivity contribution in [2.75, 3.05) is 5.73 Å². The van der Waals surface area contributed by atoms with E-state index in [4.69, 9.17) is 5.73 Å². The number of rotatable bonds is 1.